The Kier molecular flexibility index (Phi) is 3.10. The van der Waals surface area contributed by atoms with Crippen molar-refractivity contribution in [1.82, 2.24) is 4.98 Å². The number of carbonyl (C=O) groups excluding carboxylic acids is 1. The number of pyridine rings is 1. The van der Waals surface area contributed by atoms with Gasteiger partial charge in [0.2, 0.25) is 0 Å². The fourth-order valence-electron chi connectivity index (χ4n) is 0.733. The van der Waals surface area contributed by atoms with Gasteiger partial charge >= 0.3 is 6.36 Å². The van der Waals surface area contributed by atoms with Gasteiger partial charge < -0.3 is 4.74 Å². The highest BCUT2D eigenvalue weighted by Gasteiger charge is 2.32. The van der Waals surface area contributed by atoms with Crippen LogP contribution in [-0.2, 0) is 0 Å². The molecule has 0 saturated carbocycles. The molecule has 0 fully saturated rings. The third kappa shape index (κ3) is 2.99. The average molecular weight is 270 g/mol. The Morgan fingerprint density at radius 2 is 2.07 bits per heavy atom. The van der Waals surface area contributed by atoms with Crippen LogP contribution in [0.5, 0.6) is 5.75 Å². The Hall–Kier alpha value is -1.11. The summed E-state index contributed by atoms with van der Waals surface area (Å²) in [5.74, 6) is -0.615. The van der Waals surface area contributed by atoms with Crippen LogP contribution in [0.1, 0.15) is 10.5 Å². The Labute approximate surface area is 85.0 Å². The van der Waals surface area contributed by atoms with Crippen LogP contribution in [-0.4, -0.2) is 17.6 Å². The normalized spacial score (nSPS) is 11.1. The van der Waals surface area contributed by atoms with Gasteiger partial charge in [0.15, 0.2) is 12.0 Å². The molecule has 0 aromatic carbocycles. The van der Waals surface area contributed by atoms with Crippen LogP contribution in [0.4, 0.5) is 13.2 Å². The van der Waals surface area contributed by atoms with Gasteiger partial charge in [0, 0.05) is 0 Å². The molecule has 0 atom stereocenters. The van der Waals surface area contributed by atoms with E-state index in [2.05, 4.69) is 25.7 Å². The summed E-state index contributed by atoms with van der Waals surface area (Å²) in [6.45, 7) is 0. The lowest BCUT2D eigenvalue weighted by molar-refractivity contribution is -0.274. The lowest BCUT2D eigenvalue weighted by Crippen LogP contribution is -2.18. The fraction of sp³-hybridized carbons (Fsp3) is 0.143. The average Bonchev–Trinajstić information content (AvgIpc) is 2.06. The molecule has 1 heterocycles. The van der Waals surface area contributed by atoms with E-state index in [4.69, 9.17) is 0 Å². The van der Waals surface area contributed by atoms with Gasteiger partial charge in [-0.2, -0.15) is 0 Å². The Morgan fingerprint density at radius 3 is 2.57 bits per heavy atom. The minimum absolute atomic E-state index is 0.186. The van der Waals surface area contributed by atoms with Crippen LogP contribution < -0.4 is 4.74 Å². The van der Waals surface area contributed by atoms with E-state index in [0.29, 0.717) is 0 Å². The first-order chi connectivity index (χ1) is 6.42. The van der Waals surface area contributed by atoms with E-state index >= 15 is 0 Å². The van der Waals surface area contributed by atoms with Crippen molar-refractivity contribution >= 4 is 22.2 Å². The van der Waals surface area contributed by atoms with E-state index in [1.807, 2.05) is 0 Å². The molecule has 0 amide bonds. The first-order valence-corrected chi connectivity index (χ1v) is 4.09. The number of halogens is 4. The number of hydrogen-bond donors (Lipinski definition) is 0. The van der Waals surface area contributed by atoms with Crippen LogP contribution in [0.25, 0.3) is 0 Å². The molecule has 7 heteroatoms. The highest BCUT2D eigenvalue weighted by atomic mass is 79.9. The maximum absolute atomic E-state index is 11.8. The highest BCUT2D eigenvalue weighted by Crippen LogP contribution is 2.25. The molecule has 0 bridgehead atoms. The van der Waals surface area contributed by atoms with Crippen LogP contribution in [0.15, 0.2) is 16.7 Å². The SMILES string of the molecule is O=Cc1nc(Br)ccc1OC(F)(F)F. The zero-order valence-electron chi connectivity index (χ0n) is 6.51. The molecule has 0 aliphatic carbocycles. The summed E-state index contributed by atoms with van der Waals surface area (Å²) in [4.78, 5) is 13.8. The Balaban J connectivity index is 3.03. The standard InChI is InChI=1S/C7H3BrF3NO2/c8-6-2-1-5(4(3-13)12-6)14-7(9,10)11/h1-3H. The maximum Gasteiger partial charge on any atom is 0.573 e. The molecular weight excluding hydrogens is 267 g/mol. The van der Waals surface area contributed by atoms with Gasteiger partial charge in [-0.1, -0.05) is 0 Å². The van der Waals surface area contributed by atoms with Crippen LogP contribution in [0.2, 0.25) is 0 Å². The van der Waals surface area contributed by atoms with Gasteiger partial charge in [0.25, 0.3) is 0 Å². The highest BCUT2D eigenvalue weighted by molar-refractivity contribution is 9.10. The van der Waals surface area contributed by atoms with Gasteiger partial charge in [-0.25, -0.2) is 4.98 Å². The molecule has 3 nitrogen and oxygen atoms in total. The second-order valence-corrected chi connectivity index (χ2v) is 3.00. The Morgan fingerprint density at radius 1 is 1.43 bits per heavy atom. The third-order valence-electron chi connectivity index (χ3n) is 1.19. The van der Waals surface area contributed by atoms with Crippen molar-refractivity contribution in [3.63, 3.8) is 0 Å². The lowest BCUT2D eigenvalue weighted by Gasteiger charge is -2.09. The smallest absolute Gasteiger partial charge is 0.403 e. The molecule has 0 unspecified atom stereocenters. The maximum atomic E-state index is 11.8. The molecular formula is C7H3BrF3NO2. The van der Waals surface area contributed by atoms with Crippen LogP contribution in [0, 0.1) is 0 Å². The second kappa shape index (κ2) is 3.95. The van der Waals surface area contributed by atoms with E-state index in [1.54, 1.807) is 0 Å². The van der Waals surface area contributed by atoms with Gasteiger partial charge in [-0.15, -0.1) is 13.2 Å². The van der Waals surface area contributed by atoms with Gasteiger partial charge in [0.1, 0.15) is 10.3 Å². The number of aromatic nitrogens is 1. The summed E-state index contributed by atoms with van der Waals surface area (Å²) in [6.07, 6.45) is -4.64. The van der Waals surface area contributed by atoms with Crippen molar-refractivity contribution in [2.45, 2.75) is 6.36 Å². The van der Waals surface area contributed by atoms with Crippen molar-refractivity contribution in [3.05, 3.63) is 22.4 Å². The number of alkyl halides is 3. The number of carbonyl (C=O) groups is 1. The van der Waals surface area contributed by atoms with Crippen LogP contribution in [0.3, 0.4) is 0 Å². The number of aldehydes is 1. The second-order valence-electron chi connectivity index (χ2n) is 2.18. The monoisotopic (exact) mass is 269 g/mol. The first kappa shape index (κ1) is 11.0. The first-order valence-electron chi connectivity index (χ1n) is 3.30. The molecule has 1 aromatic rings. The molecule has 0 aliphatic heterocycles. The molecule has 14 heavy (non-hydrogen) atoms. The van der Waals surface area contributed by atoms with E-state index in [9.17, 15) is 18.0 Å². The van der Waals surface area contributed by atoms with E-state index in [0.717, 1.165) is 6.07 Å². The molecule has 0 spiro atoms. The number of ether oxygens (including phenoxy) is 1. The topological polar surface area (TPSA) is 39.2 Å². The predicted octanol–water partition coefficient (Wildman–Crippen LogP) is 2.56. The number of nitrogens with zero attached hydrogens (tertiary/aromatic N) is 1. The van der Waals surface area contributed by atoms with Crippen molar-refractivity contribution in [1.29, 1.82) is 0 Å². The van der Waals surface area contributed by atoms with Gasteiger partial charge in [-0.3, -0.25) is 4.79 Å². The molecule has 1 aromatic heterocycles. The predicted molar refractivity (Wildman–Crippen MR) is 44.0 cm³/mol. The van der Waals surface area contributed by atoms with Crippen molar-refractivity contribution in [2.24, 2.45) is 0 Å². The van der Waals surface area contributed by atoms with Crippen LogP contribution >= 0.6 is 15.9 Å². The number of rotatable bonds is 2. The zero-order chi connectivity index (χ0) is 10.8. The minimum atomic E-state index is -4.83. The Bertz CT molecular complexity index is 353. The largest absolute Gasteiger partial charge is 0.573 e. The van der Waals surface area contributed by atoms with Crippen molar-refractivity contribution in [2.75, 3.05) is 0 Å². The molecule has 76 valence electrons. The summed E-state index contributed by atoms with van der Waals surface area (Å²) in [5.41, 5.74) is -0.406. The minimum Gasteiger partial charge on any atom is -0.403 e. The number of hydrogen-bond acceptors (Lipinski definition) is 3. The fourth-order valence-corrected chi connectivity index (χ4v) is 1.06. The molecule has 0 radical (unpaired) electrons. The molecule has 1 rings (SSSR count). The van der Waals surface area contributed by atoms with E-state index in [-0.39, 0.29) is 10.9 Å². The molecule has 0 N–H and O–H groups in total. The third-order valence-corrected chi connectivity index (χ3v) is 1.63. The van der Waals surface area contributed by atoms with Crippen molar-refractivity contribution in [3.8, 4) is 5.75 Å². The molecule has 0 aliphatic rings. The van der Waals surface area contributed by atoms with E-state index < -0.39 is 17.8 Å². The van der Waals surface area contributed by atoms with Gasteiger partial charge in [-0.05, 0) is 28.1 Å². The lowest BCUT2D eigenvalue weighted by atomic mass is 10.3. The summed E-state index contributed by atoms with van der Waals surface area (Å²) in [6, 6.07) is 2.25. The summed E-state index contributed by atoms with van der Waals surface area (Å²) in [7, 11) is 0. The summed E-state index contributed by atoms with van der Waals surface area (Å²) >= 11 is 2.91. The zero-order valence-corrected chi connectivity index (χ0v) is 8.09. The van der Waals surface area contributed by atoms with Gasteiger partial charge in [0.05, 0.1) is 0 Å². The summed E-state index contributed by atoms with van der Waals surface area (Å²) < 4.78 is 39.2. The van der Waals surface area contributed by atoms with E-state index in [1.165, 1.54) is 6.07 Å². The molecule has 0 saturated heterocycles. The summed E-state index contributed by atoms with van der Waals surface area (Å²) in [5, 5.41) is 0. The van der Waals surface area contributed by atoms with Crippen molar-refractivity contribution < 1.29 is 22.7 Å². The quantitative estimate of drug-likeness (QED) is 0.612.